The number of Topliss-reactive ketones (excluding diaryl/α,β-unsaturated/α-hetero) is 1. The van der Waals surface area contributed by atoms with Crippen LogP contribution >= 0.6 is 0 Å². The number of ketones is 1. The molecule has 1 unspecified atom stereocenters. The van der Waals surface area contributed by atoms with Gasteiger partial charge in [-0.3, -0.25) is 4.79 Å². The van der Waals surface area contributed by atoms with E-state index in [4.69, 9.17) is 0 Å². The van der Waals surface area contributed by atoms with Gasteiger partial charge in [-0.05, 0) is 25.7 Å². The van der Waals surface area contributed by atoms with E-state index >= 15 is 0 Å². The number of likely N-dealkylation sites (tertiary alicyclic amines) is 1. The van der Waals surface area contributed by atoms with E-state index in [1.165, 1.54) is 12.8 Å². The summed E-state index contributed by atoms with van der Waals surface area (Å²) in [6.07, 6.45) is 6.61. The van der Waals surface area contributed by atoms with E-state index < -0.39 is 0 Å². The number of allylic oxidation sites excluding steroid dienone is 2. The summed E-state index contributed by atoms with van der Waals surface area (Å²) in [6, 6.07) is 0. The molecule has 0 aromatic carbocycles. The highest BCUT2D eigenvalue weighted by atomic mass is 16.1. The van der Waals surface area contributed by atoms with E-state index in [1.54, 1.807) is 0 Å². The first-order valence-electron chi connectivity index (χ1n) is 5.32. The molecule has 2 rings (SSSR count). The van der Waals surface area contributed by atoms with Crippen molar-refractivity contribution in [1.29, 1.82) is 0 Å². The Morgan fingerprint density at radius 1 is 1.46 bits per heavy atom. The number of nitrogens with zero attached hydrogens (tertiary/aromatic N) is 1. The van der Waals surface area contributed by atoms with Crippen LogP contribution < -0.4 is 0 Å². The molecular formula is C11H17NO. The fourth-order valence-electron chi connectivity index (χ4n) is 2.27. The van der Waals surface area contributed by atoms with Gasteiger partial charge in [0.1, 0.15) is 0 Å². The van der Waals surface area contributed by atoms with Crippen LogP contribution in [0, 0.1) is 5.92 Å². The molecule has 13 heavy (non-hydrogen) atoms. The lowest BCUT2D eigenvalue weighted by Gasteiger charge is -2.18. The molecule has 1 aliphatic heterocycles. The van der Waals surface area contributed by atoms with Gasteiger partial charge in [0.25, 0.3) is 0 Å². The average Bonchev–Trinajstić information content (AvgIpc) is 2.72. The Morgan fingerprint density at radius 2 is 2.15 bits per heavy atom. The van der Waals surface area contributed by atoms with Crippen molar-refractivity contribution in [3.05, 3.63) is 11.8 Å². The van der Waals surface area contributed by atoms with Gasteiger partial charge in [-0.15, -0.1) is 0 Å². The van der Waals surface area contributed by atoms with E-state index in [-0.39, 0.29) is 5.92 Å². The Hall–Kier alpha value is -0.790. The molecule has 0 aromatic heterocycles. The van der Waals surface area contributed by atoms with Crippen LogP contribution in [0.1, 0.15) is 32.6 Å². The molecule has 0 saturated carbocycles. The zero-order valence-electron chi connectivity index (χ0n) is 8.25. The van der Waals surface area contributed by atoms with E-state index in [9.17, 15) is 4.79 Å². The van der Waals surface area contributed by atoms with Gasteiger partial charge in [0.2, 0.25) is 0 Å². The predicted octanol–water partition coefficient (Wildman–Crippen LogP) is 1.97. The lowest BCUT2D eigenvalue weighted by molar-refractivity contribution is -0.119. The molecule has 0 amide bonds. The summed E-state index contributed by atoms with van der Waals surface area (Å²) in [4.78, 5) is 14.1. The van der Waals surface area contributed by atoms with Crippen LogP contribution in [-0.4, -0.2) is 23.8 Å². The van der Waals surface area contributed by atoms with Crippen molar-refractivity contribution in [2.75, 3.05) is 13.1 Å². The van der Waals surface area contributed by atoms with E-state index in [0.717, 1.165) is 31.6 Å². The second-order valence-corrected chi connectivity index (χ2v) is 3.99. The first-order chi connectivity index (χ1) is 6.33. The zero-order valence-corrected chi connectivity index (χ0v) is 8.25. The molecule has 1 atom stereocenters. The predicted molar refractivity (Wildman–Crippen MR) is 52.3 cm³/mol. The van der Waals surface area contributed by atoms with Crippen molar-refractivity contribution in [2.45, 2.75) is 32.6 Å². The summed E-state index contributed by atoms with van der Waals surface area (Å²) >= 11 is 0. The molecule has 1 fully saturated rings. The molecule has 1 heterocycles. The smallest absolute Gasteiger partial charge is 0.181 e. The van der Waals surface area contributed by atoms with Gasteiger partial charge in [0, 0.05) is 19.0 Å². The van der Waals surface area contributed by atoms with Crippen LogP contribution in [-0.2, 0) is 4.79 Å². The van der Waals surface area contributed by atoms with Crippen molar-refractivity contribution >= 4 is 5.78 Å². The summed E-state index contributed by atoms with van der Waals surface area (Å²) in [7, 11) is 0. The minimum Gasteiger partial charge on any atom is -0.369 e. The maximum absolute atomic E-state index is 11.8. The number of hydrogen-bond donors (Lipinski definition) is 0. The van der Waals surface area contributed by atoms with Crippen molar-refractivity contribution in [1.82, 2.24) is 4.90 Å². The van der Waals surface area contributed by atoms with E-state index in [1.807, 2.05) is 0 Å². The van der Waals surface area contributed by atoms with Crippen LogP contribution in [0.5, 0.6) is 0 Å². The van der Waals surface area contributed by atoms with Crippen LogP contribution in [0.3, 0.4) is 0 Å². The van der Waals surface area contributed by atoms with Crippen molar-refractivity contribution in [3.8, 4) is 0 Å². The maximum Gasteiger partial charge on any atom is 0.181 e. The summed E-state index contributed by atoms with van der Waals surface area (Å²) in [5.74, 6) is 0.681. The summed E-state index contributed by atoms with van der Waals surface area (Å²) in [5.41, 5.74) is 1.02. The summed E-state index contributed by atoms with van der Waals surface area (Å²) in [5, 5.41) is 0. The highest BCUT2D eigenvalue weighted by molar-refractivity contribution is 5.98. The minimum atomic E-state index is 0.288. The minimum absolute atomic E-state index is 0.288. The van der Waals surface area contributed by atoms with Gasteiger partial charge < -0.3 is 4.90 Å². The lowest BCUT2D eigenvalue weighted by atomic mass is 10.0. The van der Waals surface area contributed by atoms with E-state index in [0.29, 0.717) is 5.78 Å². The lowest BCUT2D eigenvalue weighted by Crippen LogP contribution is -2.24. The molecule has 2 heteroatoms. The van der Waals surface area contributed by atoms with Crippen LogP contribution in [0.4, 0.5) is 0 Å². The van der Waals surface area contributed by atoms with E-state index in [2.05, 4.69) is 17.9 Å². The van der Waals surface area contributed by atoms with Crippen LogP contribution in [0.15, 0.2) is 11.8 Å². The van der Waals surface area contributed by atoms with Gasteiger partial charge in [-0.2, -0.15) is 0 Å². The van der Waals surface area contributed by atoms with Crippen LogP contribution in [0.2, 0.25) is 0 Å². The Balaban J connectivity index is 2.04. The first kappa shape index (κ1) is 8.79. The van der Waals surface area contributed by atoms with Gasteiger partial charge in [-0.25, -0.2) is 0 Å². The van der Waals surface area contributed by atoms with Crippen LogP contribution in [0.25, 0.3) is 0 Å². The average molecular weight is 179 g/mol. The van der Waals surface area contributed by atoms with Gasteiger partial charge in [0.05, 0.1) is 5.70 Å². The first-order valence-corrected chi connectivity index (χ1v) is 5.32. The fourth-order valence-corrected chi connectivity index (χ4v) is 2.27. The monoisotopic (exact) mass is 179 g/mol. The normalized spacial score (nSPS) is 28.4. The third kappa shape index (κ3) is 1.50. The standard InChI is InChI=1S/C11H17NO/c1-2-9-5-6-10(11(9)13)12-7-3-4-8-12/h6,9H,2-5,7-8H2,1H3. The number of rotatable bonds is 2. The Labute approximate surface area is 79.6 Å². The number of carbonyl (C=O) groups is 1. The molecule has 0 radical (unpaired) electrons. The molecule has 0 N–H and O–H groups in total. The van der Waals surface area contributed by atoms with Gasteiger partial charge in [-0.1, -0.05) is 13.0 Å². The highest BCUT2D eigenvalue weighted by Gasteiger charge is 2.30. The summed E-state index contributed by atoms with van der Waals surface area (Å²) < 4.78 is 0. The van der Waals surface area contributed by atoms with Crippen molar-refractivity contribution in [3.63, 3.8) is 0 Å². The summed E-state index contributed by atoms with van der Waals surface area (Å²) in [6.45, 7) is 4.28. The highest BCUT2D eigenvalue weighted by Crippen LogP contribution is 2.28. The molecule has 0 bridgehead atoms. The number of hydrogen-bond acceptors (Lipinski definition) is 2. The van der Waals surface area contributed by atoms with Crippen molar-refractivity contribution in [2.24, 2.45) is 5.92 Å². The molecular weight excluding hydrogens is 162 g/mol. The second-order valence-electron chi connectivity index (χ2n) is 3.99. The fraction of sp³-hybridized carbons (Fsp3) is 0.727. The molecule has 1 aliphatic carbocycles. The molecule has 2 aliphatic rings. The largest absolute Gasteiger partial charge is 0.369 e. The second kappa shape index (κ2) is 3.52. The third-order valence-corrected chi connectivity index (χ3v) is 3.16. The molecule has 72 valence electrons. The molecule has 0 aromatic rings. The van der Waals surface area contributed by atoms with Gasteiger partial charge in [0.15, 0.2) is 5.78 Å². The molecule has 1 saturated heterocycles. The third-order valence-electron chi connectivity index (χ3n) is 3.16. The number of carbonyl (C=O) groups excluding carboxylic acids is 1. The van der Waals surface area contributed by atoms with Gasteiger partial charge >= 0.3 is 0 Å². The zero-order chi connectivity index (χ0) is 9.26. The maximum atomic E-state index is 11.8. The SMILES string of the molecule is CCC1CC=C(N2CCCC2)C1=O. The Bertz CT molecular complexity index is 238. The van der Waals surface area contributed by atoms with Crippen molar-refractivity contribution < 1.29 is 4.79 Å². The molecule has 0 spiro atoms. The quantitative estimate of drug-likeness (QED) is 0.646. The Morgan fingerprint density at radius 3 is 2.69 bits per heavy atom. The Kier molecular flexibility index (Phi) is 2.38. The molecule has 2 nitrogen and oxygen atoms in total. The topological polar surface area (TPSA) is 20.3 Å².